The molecule has 1 aromatic carbocycles. The average molecular weight is 225 g/mol. The first kappa shape index (κ1) is 11.0. The van der Waals surface area contributed by atoms with Crippen LogP contribution >= 0.6 is 11.6 Å². The van der Waals surface area contributed by atoms with Crippen LogP contribution in [0.4, 0.5) is 24.5 Å². The van der Waals surface area contributed by atoms with E-state index in [4.69, 9.17) is 17.3 Å². The van der Waals surface area contributed by atoms with E-state index in [1.807, 2.05) is 0 Å². The van der Waals surface area contributed by atoms with Crippen LogP contribution in [0.25, 0.3) is 0 Å². The van der Waals surface area contributed by atoms with Gasteiger partial charge in [0.1, 0.15) is 0 Å². The molecule has 0 aliphatic rings. The smallest absolute Gasteiger partial charge is 0.397 e. The van der Waals surface area contributed by atoms with Gasteiger partial charge in [-0.05, 0) is 12.1 Å². The van der Waals surface area contributed by atoms with E-state index in [1.165, 1.54) is 7.05 Å². The Morgan fingerprint density at radius 2 is 1.93 bits per heavy atom. The lowest BCUT2D eigenvalue weighted by Crippen LogP contribution is -2.07. The van der Waals surface area contributed by atoms with E-state index >= 15 is 0 Å². The molecule has 0 fully saturated rings. The maximum Gasteiger partial charge on any atom is 0.416 e. The molecule has 78 valence electrons. The lowest BCUT2D eigenvalue weighted by Gasteiger charge is -2.12. The van der Waals surface area contributed by atoms with Crippen molar-refractivity contribution >= 4 is 23.0 Å². The summed E-state index contributed by atoms with van der Waals surface area (Å²) >= 11 is 5.60. The average Bonchev–Trinajstić information content (AvgIpc) is 2.01. The zero-order chi connectivity index (χ0) is 10.9. The SMILES string of the molecule is CNc1c(N)cc(C(F)(F)F)cc1Cl. The predicted molar refractivity (Wildman–Crippen MR) is 50.4 cm³/mol. The van der Waals surface area contributed by atoms with Gasteiger partial charge < -0.3 is 11.1 Å². The zero-order valence-corrected chi connectivity index (χ0v) is 8.00. The number of anilines is 2. The minimum Gasteiger partial charge on any atom is -0.397 e. The summed E-state index contributed by atoms with van der Waals surface area (Å²) in [7, 11) is 1.53. The Bertz CT molecular complexity index is 326. The lowest BCUT2D eigenvalue weighted by atomic mass is 10.1. The van der Waals surface area contributed by atoms with Gasteiger partial charge in [-0.2, -0.15) is 13.2 Å². The van der Waals surface area contributed by atoms with Crippen LogP contribution in [0.1, 0.15) is 5.56 Å². The van der Waals surface area contributed by atoms with Gasteiger partial charge in [0.25, 0.3) is 0 Å². The molecular weight excluding hydrogens is 217 g/mol. The lowest BCUT2D eigenvalue weighted by molar-refractivity contribution is -0.137. The minimum atomic E-state index is -4.43. The van der Waals surface area contributed by atoms with Gasteiger partial charge in [0.15, 0.2) is 0 Å². The van der Waals surface area contributed by atoms with E-state index in [-0.39, 0.29) is 10.7 Å². The zero-order valence-electron chi connectivity index (χ0n) is 7.24. The third kappa shape index (κ3) is 2.04. The number of rotatable bonds is 1. The molecule has 0 spiro atoms. The molecule has 6 heteroatoms. The standard InChI is InChI=1S/C8H8ClF3N2/c1-14-7-5(9)2-4(3-6(7)13)8(10,11)12/h2-3,14H,13H2,1H3. The van der Waals surface area contributed by atoms with Crippen LogP contribution in [0.2, 0.25) is 5.02 Å². The van der Waals surface area contributed by atoms with E-state index in [0.717, 1.165) is 12.1 Å². The Morgan fingerprint density at radius 1 is 1.36 bits per heavy atom. The summed E-state index contributed by atoms with van der Waals surface area (Å²) < 4.78 is 36.7. The van der Waals surface area contributed by atoms with E-state index < -0.39 is 11.7 Å². The van der Waals surface area contributed by atoms with Crippen LogP contribution in [-0.2, 0) is 6.18 Å². The summed E-state index contributed by atoms with van der Waals surface area (Å²) in [5, 5.41) is 2.58. The van der Waals surface area contributed by atoms with Crippen LogP contribution in [0.5, 0.6) is 0 Å². The Labute approximate surface area is 83.9 Å². The maximum atomic E-state index is 12.2. The number of nitrogens with one attached hydrogen (secondary N) is 1. The summed E-state index contributed by atoms with van der Waals surface area (Å²) in [5.41, 5.74) is 4.82. The number of nitrogen functional groups attached to an aromatic ring is 1. The molecular formula is C8H8ClF3N2. The summed E-state index contributed by atoms with van der Waals surface area (Å²) in [6.07, 6.45) is -4.43. The first-order valence-corrected chi connectivity index (χ1v) is 4.08. The van der Waals surface area contributed by atoms with E-state index in [1.54, 1.807) is 0 Å². The van der Waals surface area contributed by atoms with Crippen molar-refractivity contribution in [3.05, 3.63) is 22.7 Å². The van der Waals surface area contributed by atoms with Crippen molar-refractivity contribution in [3.63, 3.8) is 0 Å². The second kappa shape index (κ2) is 3.57. The molecule has 0 unspecified atom stereocenters. The number of hydrogen-bond acceptors (Lipinski definition) is 2. The van der Waals surface area contributed by atoms with Crippen molar-refractivity contribution in [2.45, 2.75) is 6.18 Å². The molecule has 0 radical (unpaired) electrons. The molecule has 0 aliphatic carbocycles. The van der Waals surface area contributed by atoms with Crippen molar-refractivity contribution in [2.75, 3.05) is 18.1 Å². The molecule has 0 bridgehead atoms. The van der Waals surface area contributed by atoms with Crippen molar-refractivity contribution in [1.29, 1.82) is 0 Å². The topological polar surface area (TPSA) is 38.0 Å². The highest BCUT2D eigenvalue weighted by molar-refractivity contribution is 6.34. The number of hydrogen-bond donors (Lipinski definition) is 2. The van der Waals surface area contributed by atoms with Gasteiger partial charge in [-0.3, -0.25) is 0 Å². The third-order valence-corrected chi connectivity index (χ3v) is 2.00. The first-order chi connectivity index (χ1) is 6.36. The summed E-state index contributed by atoms with van der Waals surface area (Å²) in [5.74, 6) is 0. The quantitative estimate of drug-likeness (QED) is 0.720. The molecule has 0 heterocycles. The normalized spacial score (nSPS) is 11.5. The fourth-order valence-electron chi connectivity index (χ4n) is 1.06. The summed E-state index contributed by atoms with van der Waals surface area (Å²) in [6, 6.07) is 1.68. The molecule has 0 atom stereocenters. The maximum absolute atomic E-state index is 12.2. The van der Waals surface area contributed by atoms with Crippen LogP contribution < -0.4 is 11.1 Å². The molecule has 0 amide bonds. The predicted octanol–water partition coefficient (Wildman–Crippen LogP) is 2.98. The Morgan fingerprint density at radius 3 is 2.29 bits per heavy atom. The summed E-state index contributed by atoms with van der Waals surface area (Å²) in [4.78, 5) is 0. The van der Waals surface area contributed by atoms with Gasteiger partial charge in [-0.15, -0.1) is 0 Å². The van der Waals surface area contributed by atoms with Gasteiger partial charge in [0, 0.05) is 7.05 Å². The highest BCUT2D eigenvalue weighted by Gasteiger charge is 2.31. The Hall–Kier alpha value is -1.10. The van der Waals surface area contributed by atoms with Crippen LogP contribution in [0.3, 0.4) is 0 Å². The second-order valence-corrected chi connectivity index (χ2v) is 3.08. The van der Waals surface area contributed by atoms with Crippen molar-refractivity contribution in [1.82, 2.24) is 0 Å². The molecule has 1 aromatic rings. The highest BCUT2D eigenvalue weighted by atomic mass is 35.5. The fraction of sp³-hybridized carbons (Fsp3) is 0.250. The van der Waals surface area contributed by atoms with E-state index in [0.29, 0.717) is 5.69 Å². The number of halogens is 4. The Balaban J connectivity index is 3.28. The molecule has 0 saturated carbocycles. The monoisotopic (exact) mass is 224 g/mol. The minimum absolute atomic E-state index is 0.0210. The van der Waals surface area contributed by atoms with E-state index in [2.05, 4.69) is 5.32 Å². The van der Waals surface area contributed by atoms with Gasteiger partial charge in [-0.1, -0.05) is 11.6 Å². The molecule has 14 heavy (non-hydrogen) atoms. The fourth-order valence-corrected chi connectivity index (χ4v) is 1.38. The van der Waals surface area contributed by atoms with Gasteiger partial charge in [0.2, 0.25) is 0 Å². The van der Waals surface area contributed by atoms with E-state index in [9.17, 15) is 13.2 Å². The third-order valence-electron chi connectivity index (χ3n) is 1.70. The Kier molecular flexibility index (Phi) is 2.80. The van der Waals surface area contributed by atoms with Crippen LogP contribution in [0, 0.1) is 0 Å². The van der Waals surface area contributed by atoms with Crippen molar-refractivity contribution in [3.8, 4) is 0 Å². The second-order valence-electron chi connectivity index (χ2n) is 2.67. The molecule has 2 nitrogen and oxygen atoms in total. The molecule has 3 N–H and O–H groups in total. The number of nitrogens with two attached hydrogens (primary N) is 1. The van der Waals surface area contributed by atoms with Gasteiger partial charge in [-0.25, -0.2) is 0 Å². The first-order valence-electron chi connectivity index (χ1n) is 3.70. The molecule has 0 saturated heterocycles. The van der Waals surface area contributed by atoms with Crippen LogP contribution in [0.15, 0.2) is 12.1 Å². The molecule has 1 rings (SSSR count). The van der Waals surface area contributed by atoms with Gasteiger partial charge >= 0.3 is 6.18 Å². The number of alkyl halides is 3. The highest BCUT2D eigenvalue weighted by Crippen LogP contribution is 2.37. The largest absolute Gasteiger partial charge is 0.416 e. The van der Waals surface area contributed by atoms with Crippen molar-refractivity contribution in [2.24, 2.45) is 0 Å². The molecule has 0 aromatic heterocycles. The van der Waals surface area contributed by atoms with Crippen LogP contribution in [-0.4, -0.2) is 7.05 Å². The van der Waals surface area contributed by atoms with Crippen molar-refractivity contribution < 1.29 is 13.2 Å². The van der Waals surface area contributed by atoms with Gasteiger partial charge in [0.05, 0.1) is 22.0 Å². The number of benzene rings is 1. The summed E-state index contributed by atoms with van der Waals surface area (Å²) in [6.45, 7) is 0. The molecule has 0 aliphatic heterocycles.